The zero-order valence-corrected chi connectivity index (χ0v) is 14.8. The Kier molecular flexibility index (Phi) is 4.56. The third kappa shape index (κ3) is 3.62. The van der Waals surface area contributed by atoms with Gasteiger partial charge in [0, 0.05) is 17.5 Å². The molecule has 1 aliphatic carbocycles. The van der Waals surface area contributed by atoms with Gasteiger partial charge in [0.15, 0.2) is 5.78 Å². The summed E-state index contributed by atoms with van der Waals surface area (Å²) < 4.78 is 0. The minimum absolute atomic E-state index is 0.0126. The van der Waals surface area contributed by atoms with E-state index in [0.29, 0.717) is 17.5 Å². The normalized spacial score (nSPS) is 14.9. The standard InChI is InChI=1S/C22H20O4/c1-22(2)10-9-18(23)21-17(22)11-16(12-19(21)24)8-5-14-3-6-15(7-4-14)13-20(25)26/h3-4,6-7,11-12,24H,9-10,13H2,1-2H3,(H,25,26). The van der Waals surface area contributed by atoms with E-state index in [1.165, 1.54) is 6.07 Å². The summed E-state index contributed by atoms with van der Waals surface area (Å²) >= 11 is 0. The second kappa shape index (κ2) is 6.68. The van der Waals surface area contributed by atoms with Gasteiger partial charge in [0.1, 0.15) is 5.75 Å². The molecule has 2 aromatic rings. The average Bonchev–Trinajstić information content (AvgIpc) is 2.57. The van der Waals surface area contributed by atoms with E-state index in [2.05, 4.69) is 25.7 Å². The average molecular weight is 348 g/mol. The maximum absolute atomic E-state index is 12.2. The summed E-state index contributed by atoms with van der Waals surface area (Å²) in [5.74, 6) is 5.14. The number of aromatic hydroxyl groups is 1. The zero-order chi connectivity index (χ0) is 18.9. The largest absolute Gasteiger partial charge is 0.507 e. The summed E-state index contributed by atoms with van der Waals surface area (Å²) in [5.41, 5.74) is 3.21. The number of carboxylic acids is 1. The van der Waals surface area contributed by atoms with Gasteiger partial charge in [-0.15, -0.1) is 0 Å². The lowest BCUT2D eigenvalue weighted by molar-refractivity contribution is -0.136. The van der Waals surface area contributed by atoms with E-state index in [1.54, 1.807) is 24.3 Å². The van der Waals surface area contributed by atoms with Gasteiger partial charge in [-0.3, -0.25) is 9.59 Å². The molecule has 1 aliphatic rings. The molecule has 4 heteroatoms. The number of rotatable bonds is 2. The highest BCUT2D eigenvalue weighted by atomic mass is 16.4. The zero-order valence-electron chi connectivity index (χ0n) is 14.8. The third-order valence-corrected chi connectivity index (χ3v) is 4.76. The fourth-order valence-electron chi connectivity index (χ4n) is 3.24. The molecule has 3 rings (SSSR count). The SMILES string of the molecule is CC1(C)CCC(=O)c2c(O)cc(C#Cc3ccc(CC(=O)O)cc3)cc21. The van der Waals surface area contributed by atoms with Gasteiger partial charge >= 0.3 is 5.97 Å². The molecule has 0 bridgehead atoms. The molecule has 0 spiro atoms. The highest BCUT2D eigenvalue weighted by Crippen LogP contribution is 2.40. The van der Waals surface area contributed by atoms with Crippen LogP contribution in [0.1, 0.15) is 59.3 Å². The second-order valence-corrected chi connectivity index (χ2v) is 7.24. The van der Waals surface area contributed by atoms with Gasteiger partial charge in [-0.1, -0.05) is 37.8 Å². The summed E-state index contributed by atoms with van der Waals surface area (Å²) in [5, 5.41) is 19.1. The lowest BCUT2D eigenvalue weighted by atomic mass is 9.71. The number of Topliss-reactive ketones (excluding diaryl/α,β-unsaturated/α-hetero) is 1. The van der Waals surface area contributed by atoms with Crippen LogP contribution in [0, 0.1) is 11.8 Å². The number of carbonyl (C=O) groups is 2. The summed E-state index contributed by atoms with van der Waals surface area (Å²) in [4.78, 5) is 22.9. The van der Waals surface area contributed by atoms with E-state index in [4.69, 9.17) is 5.11 Å². The van der Waals surface area contributed by atoms with Crippen molar-refractivity contribution in [2.45, 2.75) is 38.5 Å². The fourth-order valence-corrected chi connectivity index (χ4v) is 3.24. The maximum atomic E-state index is 12.2. The number of fused-ring (bicyclic) bond motifs is 1. The van der Waals surface area contributed by atoms with Crippen molar-refractivity contribution in [3.8, 4) is 17.6 Å². The highest BCUT2D eigenvalue weighted by Gasteiger charge is 2.33. The molecular formula is C22H20O4. The van der Waals surface area contributed by atoms with Crippen molar-refractivity contribution in [2.24, 2.45) is 0 Å². The third-order valence-electron chi connectivity index (χ3n) is 4.76. The number of carbonyl (C=O) groups excluding carboxylic acids is 1. The summed E-state index contributed by atoms with van der Waals surface area (Å²) in [6.45, 7) is 4.13. The van der Waals surface area contributed by atoms with Gasteiger partial charge in [-0.25, -0.2) is 0 Å². The Morgan fingerprint density at radius 2 is 1.77 bits per heavy atom. The Morgan fingerprint density at radius 3 is 2.42 bits per heavy atom. The van der Waals surface area contributed by atoms with Crippen molar-refractivity contribution in [3.05, 3.63) is 64.2 Å². The smallest absolute Gasteiger partial charge is 0.307 e. The number of hydrogen-bond donors (Lipinski definition) is 2. The Bertz CT molecular complexity index is 941. The molecule has 0 amide bonds. The molecule has 26 heavy (non-hydrogen) atoms. The molecule has 2 N–H and O–H groups in total. The van der Waals surface area contributed by atoms with E-state index in [-0.39, 0.29) is 23.4 Å². The lowest BCUT2D eigenvalue weighted by Crippen LogP contribution is -2.27. The molecule has 0 unspecified atom stereocenters. The number of aliphatic carboxylic acids is 1. The van der Waals surface area contributed by atoms with Crippen LogP contribution in [0.4, 0.5) is 0 Å². The fraction of sp³-hybridized carbons (Fsp3) is 0.273. The quantitative estimate of drug-likeness (QED) is 0.812. The Hall–Kier alpha value is -3.06. The summed E-state index contributed by atoms with van der Waals surface area (Å²) in [6.07, 6.45) is 1.18. The van der Waals surface area contributed by atoms with Crippen molar-refractivity contribution in [2.75, 3.05) is 0 Å². The van der Waals surface area contributed by atoms with Crippen LogP contribution in [0.15, 0.2) is 36.4 Å². The van der Waals surface area contributed by atoms with E-state index < -0.39 is 5.97 Å². The number of phenolic OH excluding ortho intramolecular Hbond substituents is 1. The first kappa shape index (κ1) is 17.8. The van der Waals surface area contributed by atoms with E-state index >= 15 is 0 Å². The van der Waals surface area contributed by atoms with Crippen LogP contribution in [0.5, 0.6) is 5.75 Å². The molecule has 0 saturated heterocycles. The maximum Gasteiger partial charge on any atom is 0.307 e. The van der Waals surface area contributed by atoms with E-state index in [0.717, 1.165) is 23.1 Å². The first-order valence-corrected chi connectivity index (χ1v) is 8.50. The number of carboxylic acid groups (broad SMARTS) is 1. The van der Waals surface area contributed by atoms with Crippen LogP contribution in [0.25, 0.3) is 0 Å². The number of hydrogen-bond acceptors (Lipinski definition) is 3. The van der Waals surface area contributed by atoms with Crippen LogP contribution in [-0.2, 0) is 16.6 Å². The minimum Gasteiger partial charge on any atom is -0.507 e. The first-order chi connectivity index (χ1) is 12.3. The summed E-state index contributed by atoms with van der Waals surface area (Å²) in [7, 11) is 0. The van der Waals surface area contributed by atoms with Crippen molar-refractivity contribution in [1.82, 2.24) is 0 Å². The summed E-state index contributed by atoms with van der Waals surface area (Å²) in [6, 6.07) is 10.4. The number of ketones is 1. The molecule has 0 atom stereocenters. The van der Waals surface area contributed by atoms with Crippen molar-refractivity contribution in [1.29, 1.82) is 0 Å². The molecule has 0 fully saturated rings. The molecular weight excluding hydrogens is 328 g/mol. The van der Waals surface area contributed by atoms with E-state index in [9.17, 15) is 14.7 Å². The van der Waals surface area contributed by atoms with Crippen LogP contribution >= 0.6 is 0 Å². The van der Waals surface area contributed by atoms with Crippen molar-refractivity contribution in [3.63, 3.8) is 0 Å². The van der Waals surface area contributed by atoms with E-state index in [1.807, 2.05) is 6.07 Å². The first-order valence-electron chi connectivity index (χ1n) is 8.50. The highest BCUT2D eigenvalue weighted by molar-refractivity contribution is 6.01. The monoisotopic (exact) mass is 348 g/mol. The van der Waals surface area contributed by atoms with Crippen LogP contribution < -0.4 is 0 Å². The molecule has 0 radical (unpaired) electrons. The Morgan fingerprint density at radius 1 is 1.12 bits per heavy atom. The Balaban J connectivity index is 1.93. The van der Waals surface area contributed by atoms with Crippen LogP contribution in [0.3, 0.4) is 0 Å². The van der Waals surface area contributed by atoms with Crippen LogP contribution in [0.2, 0.25) is 0 Å². The molecule has 4 nitrogen and oxygen atoms in total. The molecule has 2 aromatic carbocycles. The predicted octanol–water partition coefficient (Wildman–Crippen LogP) is 3.67. The molecule has 0 saturated carbocycles. The number of benzene rings is 2. The van der Waals surface area contributed by atoms with Gasteiger partial charge in [-0.2, -0.15) is 0 Å². The lowest BCUT2D eigenvalue weighted by Gasteiger charge is -2.32. The number of phenols is 1. The topological polar surface area (TPSA) is 74.6 Å². The molecule has 0 aliphatic heterocycles. The van der Waals surface area contributed by atoms with Gasteiger partial charge in [-0.05, 0) is 47.2 Å². The Labute approximate surface area is 152 Å². The van der Waals surface area contributed by atoms with Crippen molar-refractivity contribution < 1.29 is 19.8 Å². The minimum atomic E-state index is -0.870. The van der Waals surface area contributed by atoms with Crippen LogP contribution in [-0.4, -0.2) is 22.0 Å². The van der Waals surface area contributed by atoms with Gasteiger partial charge in [0.2, 0.25) is 0 Å². The van der Waals surface area contributed by atoms with Gasteiger partial charge < -0.3 is 10.2 Å². The molecule has 0 heterocycles. The molecule has 0 aromatic heterocycles. The van der Waals surface area contributed by atoms with Gasteiger partial charge in [0.25, 0.3) is 0 Å². The second-order valence-electron chi connectivity index (χ2n) is 7.24. The van der Waals surface area contributed by atoms with Crippen molar-refractivity contribution >= 4 is 11.8 Å². The van der Waals surface area contributed by atoms with Gasteiger partial charge in [0.05, 0.1) is 12.0 Å². The molecule has 132 valence electrons. The predicted molar refractivity (Wildman–Crippen MR) is 98.5 cm³/mol.